The lowest BCUT2D eigenvalue weighted by Crippen LogP contribution is -2.25. The number of nitrogens with zero attached hydrogens (tertiary/aromatic N) is 1. The zero-order valence-electron chi connectivity index (χ0n) is 12.3. The van der Waals surface area contributed by atoms with Gasteiger partial charge in [0.25, 0.3) is 0 Å². The van der Waals surface area contributed by atoms with Crippen LogP contribution in [0.1, 0.15) is 17.0 Å². The van der Waals surface area contributed by atoms with Crippen LogP contribution in [-0.4, -0.2) is 35.4 Å². The maximum Gasteiger partial charge on any atom is 0.506 e. The molecule has 1 heterocycles. The third-order valence-electron chi connectivity index (χ3n) is 4.07. The van der Waals surface area contributed by atoms with Crippen molar-refractivity contribution >= 4 is 6.16 Å². The summed E-state index contributed by atoms with van der Waals surface area (Å²) in [6.45, 7) is 2.24. The third kappa shape index (κ3) is 3.46. The van der Waals surface area contributed by atoms with Crippen LogP contribution in [0.25, 0.3) is 0 Å². The summed E-state index contributed by atoms with van der Waals surface area (Å²) < 4.78 is 5.12. The van der Waals surface area contributed by atoms with Gasteiger partial charge in [-0.25, -0.2) is 4.79 Å². The van der Waals surface area contributed by atoms with Crippen LogP contribution >= 0.6 is 0 Å². The Morgan fingerprint density at radius 3 is 2.32 bits per heavy atom. The molecule has 2 atom stereocenters. The molecule has 3 rings (SSSR count). The molecule has 114 valence electrons. The predicted molar refractivity (Wildman–Crippen MR) is 83.8 cm³/mol. The first kappa shape index (κ1) is 14.6. The first-order valence-corrected chi connectivity index (χ1v) is 7.43. The first-order valence-electron chi connectivity index (χ1n) is 7.43. The fourth-order valence-corrected chi connectivity index (χ4v) is 3.09. The van der Waals surface area contributed by atoms with Crippen LogP contribution in [0.3, 0.4) is 0 Å². The molecule has 4 heteroatoms. The molecular formula is C18H19NO3. The highest BCUT2D eigenvalue weighted by atomic mass is 16.7. The van der Waals surface area contributed by atoms with E-state index in [1.165, 1.54) is 5.56 Å². The number of ether oxygens (including phenoxy) is 1. The predicted octanol–water partition coefficient (Wildman–Crippen LogP) is 3.35. The van der Waals surface area contributed by atoms with E-state index in [-0.39, 0.29) is 12.0 Å². The molecule has 22 heavy (non-hydrogen) atoms. The molecule has 1 N–H and O–H groups in total. The first-order chi connectivity index (χ1) is 10.7. The van der Waals surface area contributed by atoms with Crippen LogP contribution in [0.15, 0.2) is 60.7 Å². The van der Waals surface area contributed by atoms with Crippen molar-refractivity contribution in [2.45, 2.75) is 18.6 Å². The molecule has 0 unspecified atom stereocenters. The lowest BCUT2D eigenvalue weighted by atomic mass is 9.96. The Hall–Kier alpha value is -2.33. The van der Waals surface area contributed by atoms with Crippen LogP contribution in [0.5, 0.6) is 0 Å². The fraction of sp³-hybridized carbons (Fsp3) is 0.278. The lowest BCUT2D eigenvalue weighted by Gasteiger charge is -2.17. The summed E-state index contributed by atoms with van der Waals surface area (Å²) in [5, 5.41) is 8.97. The quantitative estimate of drug-likeness (QED) is 0.879. The summed E-state index contributed by atoms with van der Waals surface area (Å²) in [5.41, 5.74) is 2.36. The molecule has 0 bridgehead atoms. The van der Waals surface area contributed by atoms with Crippen molar-refractivity contribution in [1.82, 2.24) is 4.90 Å². The third-order valence-corrected chi connectivity index (χ3v) is 4.07. The van der Waals surface area contributed by atoms with E-state index in [9.17, 15) is 4.79 Å². The molecule has 1 saturated heterocycles. The van der Waals surface area contributed by atoms with Crippen molar-refractivity contribution in [1.29, 1.82) is 0 Å². The van der Waals surface area contributed by atoms with Crippen molar-refractivity contribution in [3.63, 3.8) is 0 Å². The maximum atomic E-state index is 11.0. The van der Waals surface area contributed by atoms with Crippen molar-refractivity contribution in [3.8, 4) is 0 Å². The van der Waals surface area contributed by atoms with Gasteiger partial charge in [0, 0.05) is 25.6 Å². The Morgan fingerprint density at radius 2 is 1.68 bits per heavy atom. The summed E-state index contributed by atoms with van der Waals surface area (Å²) in [7, 11) is 0. The average Bonchev–Trinajstić information content (AvgIpc) is 2.91. The van der Waals surface area contributed by atoms with E-state index in [2.05, 4.69) is 17.0 Å². The molecule has 1 fully saturated rings. The van der Waals surface area contributed by atoms with Crippen LogP contribution in [0, 0.1) is 0 Å². The van der Waals surface area contributed by atoms with E-state index in [0.29, 0.717) is 6.54 Å². The van der Waals surface area contributed by atoms with E-state index in [1.54, 1.807) is 0 Å². The molecule has 0 aromatic heterocycles. The Labute approximate surface area is 130 Å². The van der Waals surface area contributed by atoms with Gasteiger partial charge in [-0.2, -0.15) is 0 Å². The molecule has 0 radical (unpaired) electrons. The second-order valence-electron chi connectivity index (χ2n) is 5.62. The molecule has 0 saturated carbocycles. The Bertz CT molecular complexity index is 615. The zero-order chi connectivity index (χ0) is 15.4. The largest absolute Gasteiger partial charge is 0.506 e. The van der Waals surface area contributed by atoms with Gasteiger partial charge < -0.3 is 9.84 Å². The number of carboxylic acid groups (broad SMARTS) is 1. The van der Waals surface area contributed by atoms with Crippen LogP contribution < -0.4 is 0 Å². The molecule has 0 aliphatic carbocycles. The Kier molecular flexibility index (Phi) is 4.39. The van der Waals surface area contributed by atoms with Crippen molar-refractivity contribution in [2.24, 2.45) is 0 Å². The molecule has 2 aromatic rings. The standard InChI is InChI=1S/C18H19NO3/c20-18(21)22-17-13-19(11-14-7-3-1-4-8-14)12-16(17)15-9-5-2-6-10-15/h1-10,16-17H,11-13H2,(H,20,21)/t16-,17-/m0/s1. The molecule has 1 aliphatic heterocycles. The number of hydrogen-bond donors (Lipinski definition) is 1. The highest BCUT2D eigenvalue weighted by Gasteiger charge is 2.36. The van der Waals surface area contributed by atoms with Crippen LogP contribution in [0.4, 0.5) is 4.79 Å². The van der Waals surface area contributed by atoms with Crippen LogP contribution in [-0.2, 0) is 11.3 Å². The number of benzene rings is 2. The summed E-state index contributed by atoms with van der Waals surface area (Å²) in [6, 6.07) is 20.2. The van der Waals surface area contributed by atoms with Gasteiger partial charge >= 0.3 is 6.16 Å². The van der Waals surface area contributed by atoms with Gasteiger partial charge in [0.2, 0.25) is 0 Å². The van der Waals surface area contributed by atoms with Gasteiger partial charge in [-0.15, -0.1) is 0 Å². The van der Waals surface area contributed by atoms with E-state index >= 15 is 0 Å². The van der Waals surface area contributed by atoms with Gasteiger partial charge in [-0.3, -0.25) is 4.90 Å². The second-order valence-corrected chi connectivity index (χ2v) is 5.62. The van der Waals surface area contributed by atoms with Gasteiger partial charge in [0.1, 0.15) is 6.10 Å². The summed E-state index contributed by atoms with van der Waals surface area (Å²) in [4.78, 5) is 13.2. The van der Waals surface area contributed by atoms with E-state index in [1.807, 2.05) is 48.5 Å². The maximum absolute atomic E-state index is 11.0. The molecule has 4 nitrogen and oxygen atoms in total. The lowest BCUT2D eigenvalue weighted by molar-refractivity contribution is 0.0493. The van der Waals surface area contributed by atoms with Gasteiger partial charge in [0.15, 0.2) is 0 Å². The second kappa shape index (κ2) is 6.62. The zero-order valence-corrected chi connectivity index (χ0v) is 12.3. The van der Waals surface area contributed by atoms with E-state index < -0.39 is 6.16 Å². The minimum atomic E-state index is -1.20. The molecule has 1 aliphatic rings. The van der Waals surface area contributed by atoms with Crippen molar-refractivity contribution < 1.29 is 14.6 Å². The Morgan fingerprint density at radius 1 is 1.05 bits per heavy atom. The van der Waals surface area contributed by atoms with E-state index in [0.717, 1.165) is 18.7 Å². The summed E-state index contributed by atoms with van der Waals surface area (Å²) >= 11 is 0. The SMILES string of the molecule is O=C(O)O[C@H]1CN(Cc2ccccc2)C[C@H]1c1ccccc1. The highest BCUT2D eigenvalue weighted by molar-refractivity contribution is 5.57. The number of hydrogen-bond acceptors (Lipinski definition) is 3. The monoisotopic (exact) mass is 297 g/mol. The molecule has 0 spiro atoms. The molecule has 0 amide bonds. The number of rotatable bonds is 4. The highest BCUT2D eigenvalue weighted by Crippen LogP contribution is 2.30. The Balaban J connectivity index is 1.75. The fourth-order valence-electron chi connectivity index (χ4n) is 3.09. The van der Waals surface area contributed by atoms with Crippen molar-refractivity contribution in [2.75, 3.05) is 13.1 Å². The van der Waals surface area contributed by atoms with Gasteiger partial charge in [-0.1, -0.05) is 60.7 Å². The summed E-state index contributed by atoms with van der Waals surface area (Å²) in [6.07, 6.45) is -1.52. The van der Waals surface area contributed by atoms with Gasteiger partial charge in [0.05, 0.1) is 0 Å². The number of likely N-dealkylation sites (tertiary alicyclic amines) is 1. The van der Waals surface area contributed by atoms with Crippen molar-refractivity contribution in [3.05, 3.63) is 71.8 Å². The number of carbonyl (C=O) groups is 1. The topological polar surface area (TPSA) is 49.8 Å². The normalized spacial score (nSPS) is 21.6. The molecular weight excluding hydrogens is 278 g/mol. The van der Waals surface area contributed by atoms with Crippen LogP contribution in [0.2, 0.25) is 0 Å². The average molecular weight is 297 g/mol. The van der Waals surface area contributed by atoms with E-state index in [4.69, 9.17) is 9.84 Å². The summed E-state index contributed by atoms with van der Waals surface area (Å²) in [5.74, 6) is 0.0843. The molecule has 2 aromatic carbocycles. The van der Waals surface area contributed by atoms with Gasteiger partial charge in [-0.05, 0) is 11.1 Å². The smallest absolute Gasteiger partial charge is 0.450 e. The minimum Gasteiger partial charge on any atom is -0.450 e. The minimum absolute atomic E-state index is 0.0843.